The molecular weight excluding hydrogens is 425 g/mol. The number of phosphoric acid groups is 2. The fourth-order valence-electron chi connectivity index (χ4n) is 1.29. The van der Waals surface area contributed by atoms with Crippen molar-refractivity contribution in [2.24, 2.45) is 0 Å². The maximum absolute atomic E-state index is 11.4. The smallest absolute Gasteiger partial charge is 0.276 e. The van der Waals surface area contributed by atoms with Gasteiger partial charge in [0.2, 0.25) is 0 Å². The fraction of sp³-hybridized carbons (Fsp3) is 0.455. The van der Waals surface area contributed by atoms with Crippen molar-refractivity contribution >= 4 is 23.2 Å². The Morgan fingerprint density at radius 2 is 1.37 bits per heavy atom. The summed E-state index contributed by atoms with van der Waals surface area (Å²) in [5.74, 6) is 0.422. The number of rotatable bonds is 9. The standard InChI is InChI=1S/C11H21O9P3.4H3N/c1-10(2)6-4-7-11(3)8-5-9-21(12,13)19-23(17,18)20-22(14,15)16;;;;/h5-6,8-9H,4,7H2,1-3H3,(H,12,13)(H,17,18)(H2,14,15,16);4*1H3/b9-5+,11-8+;;;;. The van der Waals surface area contributed by atoms with Crippen molar-refractivity contribution in [2.75, 3.05) is 0 Å². The van der Waals surface area contributed by atoms with E-state index in [1.165, 1.54) is 6.08 Å². The second-order valence-electron chi connectivity index (χ2n) is 4.77. The molecule has 16 heteroatoms. The average Bonchev–Trinajstić information content (AvgIpc) is 2.22. The highest BCUT2D eigenvalue weighted by Gasteiger charge is 2.18. The first-order valence-corrected chi connectivity index (χ1v) is 10.8. The molecule has 0 amide bonds. The van der Waals surface area contributed by atoms with E-state index in [1.807, 2.05) is 19.9 Å². The monoisotopic (exact) mass is 458 g/mol. The van der Waals surface area contributed by atoms with E-state index in [0.717, 1.165) is 23.6 Å². The van der Waals surface area contributed by atoms with Crippen molar-refractivity contribution in [1.29, 1.82) is 0 Å². The van der Waals surface area contributed by atoms with Gasteiger partial charge in [-0.1, -0.05) is 29.4 Å². The molecule has 13 nitrogen and oxygen atoms in total. The maximum atomic E-state index is 11.4. The minimum absolute atomic E-state index is 0. The van der Waals surface area contributed by atoms with Crippen molar-refractivity contribution in [3.05, 3.63) is 35.2 Å². The minimum atomic E-state index is -5.94. The van der Waals surface area contributed by atoms with Gasteiger partial charge in [-0.3, -0.25) is 13.2 Å². The van der Waals surface area contributed by atoms with Gasteiger partial charge in [-0.25, -0.2) is 0 Å². The summed E-state index contributed by atoms with van der Waals surface area (Å²) in [6.45, 7) is 5.62. The average molecular weight is 458 g/mol. The van der Waals surface area contributed by atoms with Crippen LogP contribution in [0.2, 0.25) is 0 Å². The lowest BCUT2D eigenvalue weighted by atomic mass is 10.1. The van der Waals surface area contributed by atoms with Crippen LogP contribution in [0.5, 0.6) is 0 Å². The van der Waals surface area contributed by atoms with E-state index in [-0.39, 0.29) is 24.6 Å². The number of quaternary nitrogens is 4. The molecule has 0 rings (SSSR count). The van der Waals surface area contributed by atoms with Gasteiger partial charge in [0.15, 0.2) is 7.60 Å². The van der Waals surface area contributed by atoms with Crippen molar-refractivity contribution in [3.8, 4) is 0 Å². The van der Waals surface area contributed by atoms with Crippen LogP contribution in [-0.4, -0.2) is 0 Å². The summed E-state index contributed by atoms with van der Waals surface area (Å²) in [6, 6.07) is 0. The van der Waals surface area contributed by atoms with Gasteiger partial charge in [0.25, 0.3) is 7.82 Å². The Labute approximate surface area is 159 Å². The third-order valence-electron chi connectivity index (χ3n) is 2.15. The molecule has 16 N–H and O–H groups in total. The molecule has 2 unspecified atom stereocenters. The Morgan fingerprint density at radius 3 is 1.78 bits per heavy atom. The summed E-state index contributed by atoms with van der Waals surface area (Å²) in [5, 5.41) is 0. The lowest BCUT2D eigenvalue weighted by Crippen LogP contribution is -2.19. The van der Waals surface area contributed by atoms with Crippen LogP contribution in [0.15, 0.2) is 35.2 Å². The van der Waals surface area contributed by atoms with Crippen LogP contribution < -0.4 is 44.2 Å². The Bertz CT molecular complexity index is 641. The molecule has 0 saturated heterocycles. The van der Waals surface area contributed by atoms with Gasteiger partial charge in [-0.2, -0.15) is 0 Å². The van der Waals surface area contributed by atoms with Gasteiger partial charge in [0.05, 0.1) is 7.82 Å². The predicted octanol–water partition coefficient (Wildman–Crippen LogP) is 2.58. The van der Waals surface area contributed by atoms with Crippen LogP contribution in [0.25, 0.3) is 0 Å². The van der Waals surface area contributed by atoms with Gasteiger partial charge in [0, 0.05) is 0 Å². The molecule has 0 heterocycles. The third kappa shape index (κ3) is 23.5. The molecule has 0 radical (unpaired) electrons. The summed E-state index contributed by atoms with van der Waals surface area (Å²) in [5.41, 5.74) is 1.97. The van der Waals surface area contributed by atoms with Crippen LogP contribution in [0, 0.1) is 0 Å². The maximum Gasteiger partial charge on any atom is 0.276 e. The number of hydrogen-bond donors (Lipinski definition) is 4. The quantitative estimate of drug-likeness (QED) is 0.223. The zero-order valence-corrected chi connectivity index (χ0v) is 19.4. The van der Waals surface area contributed by atoms with E-state index >= 15 is 0 Å². The van der Waals surface area contributed by atoms with E-state index in [4.69, 9.17) is 0 Å². The van der Waals surface area contributed by atoms with Gasteiger partial charge in [-0.15, -0.1) is 0 Å². The van der Waals surface area contributed by atoms with E-state index in [0.29, 0.717) is 12.2 Å². The first-order chi connectivity index (χ1) is 10.2. The molecule has 0 aliphatic rings. The zero-order chi connectivity index (χ0) is 18.3. The van der Waals surface area contributed by atoms with E-state index in [1.54, 1.807) is 6.92 Å². The predicted molar refractivity (Wildman–Crippen MR) is 100 cm³/mol. The van der Waals surface area contributed by atoms with Crippen LogP contribution >= 0.6 is 23.2 Å². The van der Waals surface area contributed by atoms with E-state index < -0.39 is 23.2 Å². The highest BCUT2D eigenvalue weighted by molar-refractivity contribution is 7.67. The largest absolute Gasteiger partial charge is 0.790 e. The van der Waals surface area contributed by atoms with Crippen LogP contribution in [0.1, 0.15) is 33.6 Å². The molecule has 166 valence electrons. The van der Waals surface area contributed by atoms with Crippen LogP contribution in [-0.2, 0) is 22.3 Å². The van der Waals surface area contributed by atoms with E-state index in [9.17, 15) is 33.3 Å². The summed E-state index contributed by atoms with van der Waals surface area (Å²) < 4.78 is 39.1. The lowest BCUT2D eigenvalue weighted by molar-refractivity contribution is -0.339. The molecule has 0 aliphatic carbocycles. The zero-order valence-electron chi connectivity index (χ0n) is 16.7. The highest BCUT2D eigenvalue weighted by atomic mass is 31.3. The molecule has 0 bridgehead atoms. The second-order valence-corrected chi connectivity index (χ2v) is 9.25. The van der Waals surface area contributed by atoms with Crippen LogP contribution in [0.4, 0.5) is 0 Å². The molecule has 0 aliphatic heterocycles. The van der Waals surface area contributed by atoms with Crippen molar-refractivity contribution in [2.45, 2.75) is 33.6 Å². The number of hydrogen-bond acceptors (Lipinski definition) is 9. The molecule has 0 fully saturated rings. The third-order valence-corrected chi connectivity index (χ3v) is 6.00. The summed E-state index contributed by atoms with van der Waals surface area (Å²) in [4.78, 5) is 42.6. The summed E-state index contributed by atoms with van der Waals surface area (Å²) in [6.07, 6.45) is 5.88. The summed E-state index contributed by atoms with van der Waals surface area (Å²) in [7, 11) is -16.8. The van der Waals surface area contributed by atoms with Crippen molar-refractivity contribution in [3.63, 3.8) is 0 Å². The molecule has 2 atom stereocenters. The van der Waals surface area contributed by atoms with Gasteiger partial charge < -0.3 is 53.3 Å². The van der Waals surface area contributed by atoms with Crippen molar-refractivity contribution in [1.82, 2.24) is 24.6 Å². The Morgan fingerprint density at radius 1 is 0.889 bits per heavy atom. The first-order valence-electron chi connectivity index (χ1n) is 6.27. The lowest BCUT2D eigenvalue weighted by Gasteiger charge is -2.37. The Hall–Kier alpha value is -0.490. The minimum Gasteiger partial charge on any atom is -0.790 e. The molecule has 27 heavy (non-hydrogen) atoms. The number of allylic oxidation sites excluding steroid dienone is 5. The highest BCUT2D eigenvalue weighted by Crippen LogP contribution is 2.60. The first kappa shape index (κ1) is 37.3. The second kappa shape index (κ2) is 15.4. The Kier molecular flexibility index (Phi) is 21.3. The molecule has 0 aromatic carbocycles. The normalized spacial score (nSPS) is 15.7. The summed E-state index contributed by atoms with van der Waals surface area (Å²) >= 11 is 0. The van der Waals surface area contributed by atoms with Gasteiger partial charge >= 0.3 is 0 Å². The SMILES string of the molecule is CC(C)=CCC/C(C)=C/C=C/P(=O)([O-])OP(=O)([O-])OP(=O)([O-])[O-].[NH4+].[NH4+].[NH4+].[NH4+]. The molecular formula is C11H33N4O9P3. The van der Waals surface area contributed by atoms with Gasteiger partial charge in [-0.05, 0) is 39.4 Å². The van der Waals surface area contributed by atoms with Crippen LogP contribution in [0.3, 0.4) is 0 Å². The fourth-order valence-corrected chi connectivity index (χ4v) is 4.29. The molecule has 0 spiro atoms. The molecule has 0 aromatic heterocycles. The topological polar surface area (TPSA) is 308 Å². The van der Waals surface area contributed by atoms with Crippen molar-refractivity contribution < 1.29 is 41.9 Å². The van der Waals surface area contributed by atoms with Gasteiger partial charge in [0.1, 0.15) is 0 Å². The molecule has 0 saturated carbocycles. The van der Waals surface area contributed by atoms with E-state index in [2.05, 4.69) is 8.62 Å². The Balaban J connectivity index is -0.000000403. The molecule has 0 aromatic rings.